The summed E-state index contributed by atoms with van der Waals surface area (Å²) in [5, 5.41) is 0.365. The number of benzene rings is 2. The van der Waals surface area contributed by atoms with Gasteiger partial charge in [0.2, 0.25) is 0 Å². The summed E-state index contributed by atoms with van der Waals surface area (Å²) in [5.41, 5.74) is 1.23. The fraction of sp³-hybridized carbons (Fsp3) is 0.294. The van der Waals surface area contributed by atoms with E-state index in [1.807, 2.05) is 0 Å². The van der Waals surface area contributed by atoms with E-state index in [1.54, 1.807) is 12.1 Å². The minimum Gasteiger partial charge on any atom is -0.467 e. The summed E-state index contributed by atoms with van der Waals surface area (Å²) in [6.07, 6.45) is 0. The fourth-order valence-electron chi connectivity index (χ4n) is 2.72. The normalized spacial score (nSPS) is 14.0. The molecule has 0 bridgehead atoms. The van der Waals surface area contributed by atoms with Crippen molar-refractivity contribution in [3.63, 3.8) is 0 Å². The molecular weight excluding hydrogens is 390 g/mol. The number of sulfone groups is 1. The van der Waals surface area contributed by atoms with Gasteiger partial charge in [0.1, 0.15) is 11.5 Å². The summed E-state index contributed by atoms with van der Waals surface area (Å²) in [6, 6.07) is 8.97. The van der Waals surface area contributed by atoms with Crippen molar-refractivity contribution in [1.29, 1.82) is 0 Å². The highest BCUT2D eigenvalue weighted by molar-refractivity contribution is 7.89. The molecule has 0 aromatic heterocycles. The van der Waals surface area contributed by atoms with Gasteiger partial charge in [-0.2, -0.15) is 8.78 Å². The first-order valence-corrected chi connectivity index (χ1v) is 9.79. The second-order valence-corrected chi connectivity index (χ2v) is 8.18. The van der Waals surface area contributed by atoms with Crippen molar-refractivity contribution in [1.82, 2.24) is 0 Å². The lowest BCUT2D eigenvalue weighted by atomic mass is 10.1. The van der Waals surface area contributed by atoms with Gasteiger partial charge in [0, 0.05) is 21.7 Å². The summed E-state index contributed by atoms with van der Waals surface area (Å²) < 4.78 is 65.2. The Morgan fingerprint density at radius 3 is 2.65 bits per heavy atom. The topological polar surface area (TPSA) is 61.8 Å². The van der Waals surface area contributed by atoms with Gasteiger partial charge in [-0.3, -0.25) is 0 Å². The molecule has 0 saturated carbocycles. The Morgan fingerprint density at radius 1 is 1.15 bits per heavy atom. The molecule has 0 aliphatic carbocycles. The van der Waals surface area contributed by atoms with E-state index >= 15 is 0 Å². The molecule has 1 heterocycles. The smallest absolute Gasteiger partial charge is 0.387 e. The van der Waals surface area contributed by atoms with Gasteiger partial charge in [0.05, 0.1) is 18.1 Å². The van der Waals surface area contributed by atoms with Crippen molar-refractivity contribution in [2.24, 2.45) is 0 Å². The minimum atomic E-state index is -3.70. The predicted octanol–water partition coefficient (Wildman–Crippen LogP) is 3.92. The van der Waals surface area contributed by atoms with E-state index < -0.39 is 22.2 Å². The Balaban J connectivity index is 1.86. The Kier molecular flexibility index (Phi) is 5.64. The average molecular weight is 405 g/mol. The first-order chi connectivity index (χ1) is 12.3. The summed E-state index contributed by atoms with van der Waals surface area (Å²) in [6.45, 7) is -2.74. The summed E-state index contributed by atoms with van der Waals surface area (Å²) in [4.78, 5) is 0. The van der Waals surface area contributed by atoms with Crippen molar-refractivity contribution >= 4 is 21.4 Å². The van der Waals surface area contributed by atoms with Gasteiger partial charge in [0.25, 0.3) is 0 Å². The SMILES string of the molecule is O=S(=O)(Cc1ccccc1OC(F)F)Cc1cc(Cl)cc2c1OCOC2. The number of rotatable bonds is 6. The van der Waals surface area contributed by atoms with Gasteiger partial charge in [-0.25, -0.2) is 8.42 Å². The Labute approximate surface area is 154 Å². The maximum atomic E-state index is 12.6. The molecule has 0 amide bonds. The maximum Gasteiger partial charge on any atom is 0.387 e. The molecule has 0 radical (unpaired) electrons. The lowest BCUT2D eigenvalue weighted by Crippen LogP contribution is -2.16. The highest BCUT2D eigenvalue weighted by atomic mass is 35.5. The quantitative estimate of drug-likeness (QED) is 0.730. The van der Waals surface area contributed by atoms with Crippen LogP contribution in [0.5, 0.6) is 11.5 Å². The Morgan fingerprint density at radius 2 is 1.88 bits per heavy atom. The lowest BCUT2D eigenvalue weighted by molar-refractivity contribution is -0.0503. The van der Waals surface area contributed by atoms with Crippen molar-refractivity contribution in [2.75, 3.05) is 6.79 Å². The van der Waals surface area contributed by atoms with Crippen LogP contribution in [0.25, 0.3) is 0 Å². The second kappa shape index (κ2) is 7.77. The predicted molar refractivity (Wildman–Crippen MR) is 91.1 cm³/mol. The molecule has 0 atom stereocenters. The lowest BCUT2D eigenvalue weighted by Gasteiger charge is -2.21. The van der Waals surface area contributed by atoms with Gasteiger partial charge in [-0.05, 0) is 18.2 Å². The van der Waals surface area contributed by atoms with Gasteiger partial charge in [0.15, 0.2) is 16.6 Å². The Bertz CT molecular complexity index is 902. The number of hydrogen-bond acceptors (Lipinski definition) is 5. The van der Waals surface area contributed by atoms with Crippen molar-refractivity contribution in [3.05, 3.63) is 58.1 Å². The van der Waals surface area contributed by atoms with E-state index in [0.29, 0.717) is 21.9 Å². The zero-order chi connectivity index (χ0) is 18.7. The van der Waals surface area contributed by atoms with E-state index in [-0.39, 0.29) is 30.5 Å². The van der Waals surface area contributed by atoms with Crippen LogP contribution in [0.1, 0.15) is 16.7 Å². The summed E-state index contributed by atoms with van der Waals surface area (Å²) in [7, 11) is -3.70. The van der Waals surface area contributed by atoms with Crippen LogP contribution in [0.3, 0.4) is 0 Å². The molecule has 2 aromatic carbocycles. The molecule has 0 unspecified atom stereocenters. The van der Waals surface area contributed by atoms with E-state index in [1.165, 1.54) is 24.3 Å². The first kappa shape index (κ1) is 18.9. The fourth-order valence-corrected chi connectivity index (χ4v) is 4.49. The molecule has 1 aliphatic rings. The zero-order valence-electron chi connectivity index (χ0n) is 13.5. The molecule has 2 aromatic rings. The first-order valence-electron chi connectivity index (χ1n) is 7.59. The molecule has 26 heavy (non-hydrogen) atoms. The largest absolute Gasteiger partial charge is 0.467 e. The highest BCUT2D eigenvalue weighted by Gasteiger charge is 2.23. The highest BCUT2D eigenvalue weighted by Crippen LogP contribution is 2.33. The summed E-state index contributed by atoms with van der Waals surface area (Å²) in [5.74, 6) is -0.530. The standard InChI is InChI=1S/C17H15ClF2O5S/c18-14-5-12-7-23-10-24-16(12)13(6-14)9-26(21,22)8-11-3-1-2-4-15(11)25-17(19)20/h1-6,17H,7-10H2. The monoisotopic (exact) mass is 404 g/mol. The van der Waals surface area contributed by atoms with Gasteiger partial charge >= 0.3 is 6.61 Å². The van der Waals surface area contributed by atoms with Crippen LogP contribution in [0.15, 0.2) is 36.4 Å². The van der Waals surface area contributed by atoms with Crippen LogP contribution in [0, 0.1) is 0 Å². The molecule has 1 aliphatic heterocycles. The van der Waals surface area contributed by atoms with Crippen LogP contribution in [0.2, 0.25) is 5.02 Å². The van der Waals surface area contributed by atoms with Crippen LogP contribution >= 0.6 is 11.6 Å². The third kappa shape index (κ3) is 4.63. The number of alkyl halides is 2. The van der Waals surface area contributed by atoms with Gasteiger partial charge in [-0.15, -0.1) is 0 Å². The minimum absolute atomic E-state index is 0.0206. The zero-order valence-corrected chi connectivity index (χ0v) is 15.0. The van der Waals surface area contributed by atoms with Crippen molar-refractivity contribution in [2.45, 2.75) is 24.7 Å². The third-order valence-electron chi connectivity index (χ3n) is 3.69. The molecule has 0 N–H and O–H groups in total. The number of para-hydroxylation sites is 1. The van der Waals surface area contributed by atoms with Gasteiger partial charge in [-0.1, -0.05) is 29.8 Å². The average Bonchev–Trinajstić information content (AvgIpc) is 2.55. The van der Waals surface area contributed by atoms with Crippen LogP contribution in [0.4, 0.5) is 8.78 Å². The summed E-state index contributed by atoms with van der Waals surface area (Å²) >= 11 is 6.04. The van der Waals surface area contributed by atoms with Crippen LogP contribution in [-0.2, 0) is 32.7 Å². The van der Waals surface area contributed by atoms with E-state index in [9.17, 15) is 17.2 Å². The Hall–Kier alpha value is -1.90. The molecular formula is C17H15ClF2O5S. The molecule has 140 valence electrons. The van der Waals surface area contributed by atoms with Crippen LogP contribution < -0.4 is 9.47 Å². The molecule has 0 saturated heterocycles. The number of ether oxygens (including phenoxy) is 3. The second-order valence-electron chi connectivity index (χ2n) is 5.68. The number of fused-ring (bicyclic) bond motifs is 1. The number of halogens is 3. The molecule has 9 heteroatoms. The van der Waals surface area contributed by atoms with Crippen molar-refractivity contribution in [3.8, 4) is 11.5 Å². The van der Waals surface area contributed by atoms with E-state index in [0.717, 1.165) is 0 Å². The molecule has 5 nitrogen and oxygen atoms in total. The van der Waals surface area contributed by atoms with E-state index in [2.05, 4.69) is 4.74 Å². The molecule has 3 rings (SSSR count). The van der Waals surface area contributed by atoms with Crippen molar-refractivity contribution < 1.29 is 31.4 Å². The molecule has 0 fully saturated rings. The van der Waals surface area contributed by atoms with Gasteiger partial charge < -0.3 is 14.2 Å². The number of hydrogen-bond donors (Lipinski definition) is 0. The van der Waals surface area contributed by atoms with E-state index in [4.69, 9.17) is 21.1 Å². The van der Waals surface area contributed by atoms with Crippen LogP contribution in [-0.4, -0.2) is 21.8 Å². The molecule has 0 spiro atoms. The third-order valence-corrected chi connectivity index (χ3v) is 5.41. The maximum absolute atomic E-state index is 12.6.